The van der Waals surface area contributed by atoms with Crippen molar-refractivity contribution >= 4 is 39.1 Å². The molecule has 0 fully saturated rings. The van der Waals surface area contributed by atoms with Gasteiger partial charge in [0.1, 0.15) is 5.00 Å². The number of thiophene rings is 1. The van der Waals surface area contributed by atoms with Crippen molar-refractivity contribution in [1.29, 1.82) is 0 Å². The molecule has 0 bridgehead atoms. The molecule has 1 aliphatic rings. The van der Waals surface area contributed by atoms with E-state index in [1.165, 1.54) is 16.9 Å². The molecule has 0 spiro atoms. The second-order valence-corrected chi connectivity index (χ2v) is 12.8. The summed E-state index contributed by atoms with van der Waals surface area (Å²) < 4.78 is 0. The van der Waals surface area contributed by atoms with E-state index in [1.54, 1.807) is 0 Å². The Labute approximate surface area is 228 Å². The van der Waals surface area contributed by atoms with Crippen molar-refractivity contribution in [3.63, 3.8) is 0 Å². The summed E-state index contributed by atoms with van der Waals surface area (Å²) in [7, 11) is 0. The number of primary amides is 1. The minimum atomic E-state index is -0.488. The number of benzene rings is 2. The molecule has 2 aromatic carbocycles. The van der Waals surface area contributed by atoms with Crippen LogP contribution in [0.4, 0.5) is 5.00 Å². The van der Waals surface area contributed by atoms with Crippen molar-refractivity contribution in [2.45, 2.75) is 59.8 Å². The lowest BCUT2D eigenvalue weighted by molar-refractivity contribution is 0.1000. The maximum atomic E-state index is 13.8. The average Bonchev–Trinajstić information content (AvgIpc) is 3.24. The lowest BCUT2D eigenvalue weighted by Gasteiger charge is -2.33. The number of nitrogens with two attached hydrogens (primary N) is 1. The maximum Gasteiger partial charge on any atom is 0.257 e. The number of nitrogens with one attached hydrogen (secondary N) is 1. The standard InChI is InChI=1S/C32H35N3O2S/c1-18(2)19-10-12-20(13-11-19)26-17-24(22-8-6-7-9-25(22)34-26)30(37)35-31-28(29(33)36)23-15-14-21(32(3,4)5)16-27(23)38-31/h6-13,17-18,21H,14-16H2,1-5H3,(H2,33,36)(H,35,37). The predicted octanol–water partition coefficient (Wildman–Crippen LogP) is 7.59. The number of fused-ring (bicyclic) bond motifs is 2. The van der Waals surface area contributed by atoms with E-state index < -0.39 is 5.91 Å². The number of hydrogen-bond acceptors (Lipinski definition) is 4. The van der Waals surface area contributed by atoms with Gasteiger partial charge in [-0.1, -0.05) is 77.1 Å². The van der Waals surface area contributed by atoms with Crippen LogP contribution in [0, 0.1) is 11.3 Å². The quantitative estimate of drug-likeness (QED) is 0.281. The third-order valence-electron chi connectivity index (χ3n) is 7.80. The zero-order valence-electron chi connectivity index (χ0n) is 22.7. The molecule has 1 aliphatic carbocycles. The molecule has 4 aromatic rings. The average molecular weight is 526 g/mol. The Hall–Kier alpha value is -3.51. The van der Waals surface area contributed by atoms with Gasteiger partial charge in [0, 0.05) is 15.8 Å². The Kier molecular flexibility index (Phi) is 6.86. The first-order chi connectivity index (χ1) is 18.0. The number of amides is 2. The molecular weight excluding hydrogens is 490 g/mol. The van der Waals surface area contributed by atoms with Crippen LogP contribution in [0.15, 0.2) is 54.6 Å². The predicted molar refractivity (Wildman–Crippen MR) is 157 cm³/mol. The summed E-state index contributed by atoms with van der Waals surface area (Å²) in [6.45, 7) is 11.1. The molecule has 0 aliphatic heterocycles. The van der Waals surface area contributed by atoms with Gasteiger partial charge in [-0.2, -0.15) is 0 Å². The molecule has 5 rings (SSSR count). The lowest BCUT2D eigenvalue weighted by Crippen LogP contribution is -2.27. The number of carbonyl (C=O) groups excluding carboxylic acids is 2. The fourth-order valence-corrected chi connectivity index (χ4v) is 6.72. The molecule has 1 atom stereocenters. The Morgan fingerprint density at radius 1 is 1.08 bits per heavy atom. The summed E-state index contributed by atoms with van der Waals surface area (Å²) in [6, 6.07) is 17.8. The number of carbonyl (C=O) groups is 2. The van der Waals surface area contributed by atoms with Crippen LogP contribution in [0.25, 0.3) is 22.2 Å². The van der Waals surface area contributed by atoms with Crippen LogP contribution in [0.5, 0.6) is 0 Å². The molecule has 3 N–H and O–H groups in total. The van der Waals surface area contributed by atoms with E-state index in [9.17, 15) is 9.59 Å². The Balaban J connectivity index is 1.53. The Morgan fingerprint density at radius 3 is 2.45 bits per heavy atom. The van der Waals surface area contributed by atoms with Gasteiger partial charge in [0.05, 0.1) is 22.3 Å². The van der Waals surface area contributed by atoms with Crippen LogP contribution in [0.3, 0.4) is 0 Å². The zero-order valence-corrected chi connectivity index (χ0v) is 23.5. The van der Waals surface area contributed by atoms with E-state index in [0.29, 0.717) is 28.0 Å². The van der Waals surface area contributed by atoms with Crippen LogP contribution in [0.2, 0.25) is 0 Å². The third kappa shape index (κ3) is 4.97. The van der Waals surface area contributed by atoms with E-state index in [-0.39, 0.29) is 11.3 Å². The molecule has 6 heteroatoms. The second-order valence-electron chi connectivity index (χ2n) is 11.7. The van der Waals surface area contributed by atoms with Crippen LogP contribution in [0.1, 0.15) is 83.7 Å². The number of para-hydroxylation sites is 1. The normalized spacial score (nSPS) is 15.5. The number of hydrogen-bond donors (Lipinski definition) is 2. The van der Waals surface area contributed by atoms with Crippen LogP contribution in [-0.2, 0) is 12.8 Å². The van der Waals surface area contributed by atoms with Crippen molar-refractivity contribution in [2.24, 2.45) is 17.1 Å². The summed E-state index contributed by atoms with van der Waals surface area (Å²) in [5, 5.41) is 4.38. The topological polar surface area (TPSA) is 85.1 Å². The molecule has 196 valence electrons. The maximum absolute atomic E-state index is 13.8. The lowest BCUT2D eigenvalue weighted by atomic mass is 9.72. The smallest absolute Gasteiger partial charge is 0.257 e. The number of rotatable bonds is 5. The molecule has 0 saturated heterocycles. The van der Waals surface area contributed by atoms with Gasteiger partial charge in [-0.05, 0) is 59.8 Å². The number of anilines is 1. The van der Waals surface area contributed by atoms with E-state index in [1.807, 2.05) is 30.3 Å². The minimum absolute atomic E-state index is 0.178. The molecule has 0 saturated carbocycles. The molecular formula is C32H35N3O2S. The van der Waals surface area contributed by atoms with Gasteiger partial charge >= 0.3 is 0 Å². The molecule has 1 unspecified atom stereocenters. The van der Waals surface area contributed by atoms with Crippen molar-refractivity contribution < 1.29 is 9.59 Å². The minimum Gasteiger partial charge on any atom is -0.365 e. The van der Waals surface area contributed by atoms with Gasteiger partial charge in [-0.25, -0.2) is 4.98 Å². The van der Waals surface area contributed by atoms with Gasteiger partial charge in [-0.3, -0.25) is 9.59 Å². The highest BCUT2D eigenvalue weighted by atomic mass is 32.1. The SMILES string of the molecule is CC(C)c1ccc(-c2cc(C(=O)Nc3sc4c(c3C(N)=O)CCC(C(C)(C)C)C4)c3ccccc3n2)cc1. The fraction of sp³-hybridized carbons (Fsp3) is 0.344. The monoisotopic (exact) mass is 525 g/mol. The first-order valence-corrected chi connectivity index (χ1v) is 14.1. The fourth-order valence-electron chi connectivity index (χ4n) is 5.39. The van der Waals surface area contributed by atoms with Crippen LogP contribution >= 0.6 is 11.3 Å². The van der Waals surface area contributed by atoms with E-state index >= 15 is 0 Å². The van der Waals surface area contributed by atoms with E-state index in [0.717, 1.165) is 51.9 Å². The van der Waals surface area contributed by atoms with Crippen LogP contribution in [-0.4, -0.2) is 16.8 Å². The van der Waals surface area contributed by atoms with Crippen molar-refractivity contribution in [2.75, 3.05) is 5.32 Å². The number of nitrogens with zero attached hydrogens (tertiary/aromatic N) is 1. The highest BCUT2D eigenvalue weighted by molar-refractivity contribution is 7.17. The molecule has 5 nitrogen and oxygen atoms in total. The number of pyridine rings is 1. The summed E-state index contributed by atoms with van der Waals surface area (Å²) in [4.78, 5) is 32.3. The first-order valence-electron chi connectivity index (χ1n) is 13.3. The zero-order chi connectivity index (χ0) is 27.2. The van der Waals surface area contributed by atoms with Gasteiger partial charge in [-0.15, -0.1) is 11.3 Å². The molecule has 0 radical (unpaired) electrons. The molecule has 2 aromatic heterocycles. The summed E-state index contributed by atoms with van der Waals surface area (Å²) in [5.74, 6) is 0.200. The highest BCUT2D eigenvalue weighted by Crippen LogP contribution is 2.44. The summed E-state index contributed by atoms with van der Waals surface area (Å²) in [5.41, 5.74) is 11.7. The van der Waals surface area contributed by atoms with Gasteiger partial charge < -0.3 is 11.1 Å². The largest absolute Gasteiger partial charge is 0.365 e. The Bertz CT molecular complexity index is 1530. The summed E-state index contributed by atoms with van der Waals surface area (Å²) >= 11 is 1.49. The molecule has 2 heterocycles. The van der Waals surface area contributed by atoms with Crippen molar-refractivity contribution in [1.82, 2.24) is 4.98 Å². The highest BCUT2D eigenvalue weighted by Gasteiger charge is 2.33. The Morgan fingerprint density at radius 2 is 1.79 bits per heavy atom. The van der Waals surface area contributed by atoms with Crippen molar-refractivity contribution in [3.05, 3.63) is 81.7 Å². The van der Waals surface area contributed by atoms with Crippen LogP contribution < -0.4 is 11.1 Å². The van der Waals surface area contributed by atoms with Gasteiger partial charge in [0.2, 0.25) is 0 Å². The second kappa shape index (κ2) is 9.99. The summed E-state index contributed by atoms with van der Waals surface area (Å²) in [6.07, 6.45) is 2.71. The van der Waals surface area contributed by atoms with Gasteiger partial charge in [0.25, 0.3) is 11.8 Å². The van der Waals surface area contributed by atoms with Gasteiger partial charge in [0.15, 0.2) is 0 Å². The molecule has 38 heavy (non-hydrogen) atoms. The van der Waals surface area contributed by atoms with Crippen molar-refractivity contribution in [3.8, 4) is 11.3 Å². The van der Waals surface area contributed by atoms with E-state index in [2.05, 4.69) is 64.2 Å². The van der Waals surface area contributed by atoms with E-state index in [4.69, 9.17) is 10.7 Å². The number of aromatic nitrogens is 1. The first kappa shape index (κ1) is 26.1. The third-order valence-corrected chi connectivity index (χ3v) is 8.97. The molecule has 2 amide bonds.